The molecule has 2 aromatic rings. The Labute approximate surface area is 94.3 Å². The topological polar surface area (TPSA) is 48.0 Å². The van der Waals surface area contributed by atoms with Gasteiger partial charge in [0, 0.05) is 0 Å². The predicted molar refractivity (Wildman–Crippen MR) is 60.1 cm³/mol. The molecular formula is C10H10F2N2OS. The second-order valence-electron chi connectivity index (χ2n) is 3.49. The molecule has 3 nitrogen and oxygen atoms in total. The fraction of sp³-hybridized carbons (Fsp3) is 0.300. The van der Waals surface area contributed by atoms with Gasteiger partial charge in [-0.15, -0.1) is 0 Å². The summed E-state index contributed by atoms with van der Waals surface area (Å²) in [5.74, 6) is -3.04. The molecule has 0 bridgehead atoms. The third-order valence-corrected chi connectivity index (χ3v) is 3.29. The van der Waals surface area contributed by atoms with Crippen LogP contribution < -0.4 is 11.3 Å². The van der Waals surface area contributed by atoms with Crippen LogP contribution in [0.1, 0.15) is 0 Å². The zero-order valence-electron chi connectivity index (χ0n) is 8.32. The molecule has 1 heterocycles. The van der Waals surface area contributed by atoms with Crippen molar-refractivity contribution in [3.8, 4) is 0 Å². The van der Waals surface area contributed by atoms with Gasteiger partial charge >= 0.3 is 0 Å². The van der Waals surface area contributed by atoms with Crippen LogP contribution >= 0.6 is 11.5 Å². The van der Waals surface area contributed by atoms with E-state index in [2.05, 4.69) is 0 Å². The highest BCUT2D eigenvalue weighted by Gasteiger charge is 2.28. The van der Waals surface area contributed by atoms with Crippen molar-refractivity contribution in [2.24, 2.45) is 5.73 Å². The lowest BCUT2D eigenvalue weighted by Gasteiger charge is -2.12. The van der Waals surface area contributed by atoms with Crippen LogP contribution in [0.25, 0.3) is 10.1 Å². The first kappa shape index (κ1) is 11.2. The molecule has 86 valence electrons. The van der Waals surface area contributed by atoms with Gasteiger partial charge in [0.15, 0.2) is 0 Å². The van der Waals surface area contributed by atoms with Gasteiger partial charge in [0.2, 0.25) is 0 Å². The van der Waals surface area contributed by atoms with Crippen LogP contribution in [0, 0.1) is 0 Å². The maximum Gasteiger partial charge on any atom is 0.278 e. The van der Waals surface area contributed by atoms with Gasteiger partial charge in [-0.2, -0.15) is 0 Å². The van der Waals surface area contributed by atoms with Gasteiger partial charge in [-0.25, -0.2) is 8.78 Å². The summed E-state index contributed by atoms with van der Waals surface area (Å²) in [5.41, 5.74) is 4.56. The lowest BCUT2D eigenvalue weighted by Crippen LogP contribution is -2.34. The SMILES string of the molecule is NCC(F)(F)Cn1sc2ccccc2c1=O. The molecule has 0 aliphatic rings. The van der Waals surface area contributed by atoms with Gasteiger partial charge in [-0.1, -0.05) is 23.7 Å². The zero-order chi connectivity index (χ0) is 11.8. The molecule has 0 unspecified atom stereocenters. The minimum absolute atomic E-state index is 0.381. The van der Waals surface area contributed by atoms with E-state index >= 15 is 0 Å². The number of hydrogen-bond donors (Lipinski definition) is 1. The summed E-state index contributed by atoms with van der Waals surface area (Å²) in [5, 5.41) is 0.473. The second-order valence-corrected chi connectivity index (χ2v) is 4.55. The minimum atomic E-state index is -3.04. The first-order valence-electron chi connectivity index (χ1n) is 4.70. The number of nitrogens with zero attached hydrogens (tertiary/aromatic N) is 1. The summed E-state index contributed by atoms with van der Waals surface area (Å²) in [6.45, 7) is -1.41. The lowest BCUT2D eigenvalue weighted by molar-refractivity contribution is -0.00455. The summed E-state index contributed by atoms with van der Waals surface area (Å²) >= 11 is 1.03. The average molecular weight is 244 g/mol. The number of alkyl halides is 2. The lowest BCUT2D eigenvalue weighted by atomic mass is 10.3. The fourth-order valence-electron chi connectivity index (χ4n) is 1.40. The highest BCUT2D eigenvalue weighted by atomic mass is 32.1. The van der Waals surface area contributed by atoms with Gasteiger partial charge in [0.1, 0.15) is 6.54 Å². The van der Waals surface area contributed by atoms with E-state index in [1.807, 2.05) is 0 Å². The number of hydrogen-bond acceptors (Lipinski definition) is 3. The van der Waals surface area contributed by atoms with Crippen LogP contribution in [0.3, 0.4) is 0 Å². The Balaban J connectivity index is 2.47. The van der Waals surface area contributed by atoms with Crippen LogP contribution in [0.4, 0.5) is 8.78 Å². The van der Waals surface area contributed by atoms with Crippen molar-refractivity contribution in [3.05, 3.63) is 34.6 Å². The Bertz CT molecular complexity index is 561. The van der Waals surface area contributed by atoms with E-state index in [9.17, 15) is 13.6 Å². The highest BCUT2D eigenvalue weighted by Crippen LogP contribution is 2.20. The van der Waals surface area contributed by atoms with E-state index in [1.165, 1.54) is 0 Å². The van der Waals surface area contributed by atoms with Crippen molar-refractivity contribution in [2.45, 2.75) is 12.5 Å². The van der Waals surface area contributed by atoms with E-state index in [4.69, 9.17) is 5.73 Å². The van der Waals surface area contributed by atoms with Crippen molar-refractivity contribution in [1.29, 1.82) is 0 Å². The number of halogens is 2. The van der Waals surface area contributed by atoms with Crippen molar-refractivity contribution >= 4 is 21.6 Å². The molecule has 0 saturated carbocycles. The molecule has 2 N–H and O–H groups in total. The van der Waals surface area contributed by atoms with Crippen LogP contribution in [0.2, 0.25) is 0 Å². The number of fused-ring (bicyclic) bond motifs is 1. The Morgan fingerprint density at radius 1 is 1.38 bits per heavy atom. The van der Waals surface area contributed by atoms with Gasteiger partial charge in [0.05, 0.1) is 16.6 Å². The normalized spacial score (nSPS) is 12.2. The Hall–Kier alpha value is -1.27. The molecular weight excluding hydrogens is 234 g/mol. The van der Waals surface area contributed by atoms with Crippen molar-refractivity contribution < 1.29 is 8.78 Å². The van der Waals surface area contributed by atoms with Crippen molar-refractivity contribution in [2.75, 3.05) is 6.54 Å². The van der Waals surface area contributed by atoms with Gasteiger partial charge < -0.3 is 5.73 Å². The number of rotatable bonds is 3. The molecule has 1 aromatic carbocycles. The summed E-state index contributed by atoms with van der Waals surface area (Å²) in [6.07, 6.45) is 0. The predicted octanol–water partition coefficient (Wildman–Crippen LogP) is 1.66. The molecule has 1 aromatic heterocycles. The highest BCUT2D eigenvalue weighted by molar-refractivity contribution is 7.13. The van der Waals surface area contributed by atoms with E-state index in [-0.39, 0.29) is 5.56 Å². The smallest absolute Gasteiger partial charge is 0.278 e. The van der Waals surface area contributed by atoms with E-state index in [1.54, 1.807) is 24.3 Å². The van der Waals surface area contributed by atoms with Crippen LogP contribution in [0.15, 0.2) is 29.1 Å². The second kappa shape index (κ2) is 3.95. The minimum Gasteiger partial charge on any atom is -0.325 e. The van der Waals surface area contributed by atoms with Crippen LogP contribution in [0.5, 0.6) is 0 Å². The quantitative estimate of drug-likeness (QED) is 0.892. The summed E-state index contributed by atoms with van der Waals surface area (Å²) in [6, 6.07) is 6.84. The molecule has 0 aliphatic carbocycles. The van der Waals surface area contributed by atoms with Gasteiger partial charge in [-0.05, 0) is 12.1 Å². The Morgan fingerprint density at radius 2 is 2.06 bits per heavy atom. The van der Waals surface area contributed by atoms with Crippen molar-refractivity contribution in [3.63, 3.8) is 0 Å². The molecule has 0 aliphatic heterocycles. The van der Waals surface area contributed by atoms with E-state index in [0.717, 1.165) is 15.5 Å². The first-order chi connectivity index (χ1) is 7.53. The zero-order valence-corrected chi connectivity index (χ0v) is 9.14. The monoisotopic (exact) mass is 244 g/mol. The van der Waals surface area contributed by atoms with Crippen LogP contribution in [-0.2, 0) is 6.54 Å². The van der Waals surface area contributed by atoms with E-state index < -0.39 is 19.0 Å². The Kier molecular flexibility index (Phi) is 2.77. The molecule has 0 atom stereocenters. The molecule has 0 saturated heterocycles. The number of benzene rings is 1. The summed E-state index contributed by atoms with van der Waals surface area (Å²) in [4.78, 5) is 11.7. The van der Waals surface area contributed by atoms with Gasteiger partial charge in [0.25, 0.3) is 11.5 Å². The number of nitrogens with two attached hydrogens (primary N) is 1. The third-order valence-electron chi connectivity index (χ3n) is 2.23. The molecule has 0 fully saturated rings. The summed E-state index contributed by atoms with van der Waals surface area (Å²) < 4.78 is 27.9. The van der Waals surface area contributed by atoms with Gasteiger partial charge in [-0.3, -0.25) is 8.75 Å². The van der Waals surface area contributed by atoms with E-state index in [0.29, 0.717) is 10.1 Å². The largest absolute Gasteiger partial charge is 0.325 e. The third kappa shape index (κ3) is 1.98. The molecule has 2 rings (SSSR count). The number of aromatic nitrogens is 1. The van der Waals surface area contributed by atoms with Crippen LogP contribution in [-0.4, -0.2) is 16.4 Å². The molecule has 6 heteroatoms. The standard InChI is InChI=1S/C10H10F2N2OS/c11-10(12,5-13)6-14-9(15)7-3-1-2-4-8(7)16-14/h1-4H,5-6,13H2. The fourth-order valence-corrected chi connectivity index (χ4v) is 2.46. The molecule has 0 amide bonds. The molecule has 0 spiro atoms. The maximum absolute atomic E-state index is 13.1. The first-order valence-corrected chi connectivity index (χ1v) is 5.47. The van der Waals surface area contributed by atoms with Crippen molar-refractivity contribution in [1.82, 2.24) is 3.96 Å². The molecule has 16 heavy (non-hydrogen) atoms. The summed E-state index contributed by atoms with van der Waals surface area (Å²) in [7, 11) is 0. The average Bonchev–Trinajstić information content (AvgIpc) is 2.56. The Morgan fingerprint density at radius 3 is 2.69 bits per heavy atom. The maximum atomic E-state index is 13.1. The molecule has 0 radical (unpaired) electrons.